The zero-order chi connectivity index (χ0) is 24.2. The number of carbonyl (C=O) groups is 4. The molecule has 2 aromatic rings. The quantitative estimate of drug-likeness (QED) is 0.354. The van der Waals surface area contributed by atoms with Gasteiger partial charge >= 0.3 is 0 Å². The third-order valence-electron chi connectivity index (χ3n) is 4.83. The van der Waals surface area contributed by atoms with Crippen LogP contribution in [0.5, 0.6) is 0 Å². The summed E-state index contributed by atoms with van der Waals surface area (Å²) in [5.41, 5.74) is 1.66. The first-order valence-electron chi connectivity index (χ1n) is 10.5. The molecule has 2 aromatic carbocycles. The molecule has 0 aliphatic rings. The maximum Gasteiger partial charge on any atom is 0.243 e. The number of halogens is 1. The van der Waals surface area contributed by atoms with E-state index in [0.29, 0.717) is 11.2 Å². The second-order valence-corrected chi connectivity index (χ2v) is 7.93. The monoisotopic (exact) mass is 470 g/mol. The summed E-state index contributed by atoms with van der Waals surface area (Å²) in [5.74, 6) is -1.86. The average Bonchev–Trinajstić information content (AvgIpc) is 2.81. The van der Waals surface area contributed by atoms with Crippen molar-refractivity contribution in [2.75, 3.05) is 0 Å². The Labute approximate surface area is 197 Å². The van der Waals surface area contributed by atoms with Crippen LogP contribution in [0.1, 0.15) is 30.9 Å². The van der Waals surface area contributed by atoms with E-state index in [0.717, 1.165) is 11.1 Å². The first-order chi connectivity index (χ1) is 15.8. The zero-order valence-corrected chi connectivity index (χ0v) is 19.0. The van der Waals surface area contributed by atoms with E-state index < -0.39 is 35.6 Å². The van der Waals surface area contributed by atoms with E-state index in [9.17, 15) is 19.2 Å². The Morgan fingerprint density at radius 3 is 2.18 bits per heavy atom. The van der Waals surface area contributed by atoms with Crippen molar-refractivity contribution in [2.24, 2.45) is 0 Å². The van der Waals surface area contributed by atoms with Gasteiger partial charge in [0, 0.05) is 31.3 Å². The summed E-state index contributed by atoms with van der Waals surface area (Å²) in [6.07, 6.45) is 0.825. The van der Waals surface area contributed by atoms with E-state index in [-0.39, 0.29) is 25.8 Å². The lowest BCUT2D eigenvalue weighted by molar-refractivity contribution is -0.132. The number of amides is 3. The molecule has 2 atom stereocenters. The molecule has 0 fully saturated rings. The van der Waals surface area contributed by atoms with E-state index in [1.807, 2.05) is 30.3 Å². The minimum Gasteiger partial charge on any atom is -0.350 e. The fourth-order valence-corrected chi connectivity index (χ4v) is 3.24. The Bertz CT molecular complexity index is 980. The molecule has 0 aliphatic heterocycles. The molecule has 33 heavy (non-hydrogen) atoms. The Morgan fingerprint density at radius 2 is 1.58 bits per heavy atom. The highest BCUT2D eigenvalue weighted by Gasteiger charge is 2.26. The maximum atomic E-state index is 13.0. The standard InChI is InChI=1S/C24H27ClN4O4/c1-16(30)28-22(13-17-7-9-19(25)10-8-17)24(33)29-21(12-11-20(31)14-26)23(32)27-15-18-5-3-2-4-6-18/h2-10,14,21-22,26H,11-13,15H2,1H3,(H,27,32)(H,28,30)(H,29,33)/t21-,22-/m0/s1. The SMILES string of the molecule is CC(=O)N[C@@H](Cc1ccc(Cl)cc1)C(=O)N[C@@H](CCC(=O)C=N)C(=O)NCc1ccccc1. The minimum absolute atomic E-state index is 0.0221. The first-order valence-corrected chi connectivity index (χ1v) is 10.8. The summed E-state index contributed by atoms with van der Waals surface area (Å²) in [5, 5.41) is 15.6. The highest BCUT2D eigenvalue weighted by atomic mass is 35.5. The van der Waals surface area contributed by atoms with E-state index >= 15 is 0 Å². The summed E-state index contributed by atoms with van der Waals surface area (Å²) < 4.78 is 0. The molecule has 8 nitrogen and oxygen atoms in total. The third kappa shape index (κ3) is 9.24. The lowest BCUT2D eigenvalue weighted by Crippen LogP contribution is -2.54. The Morgan fingerprint density at radius 1 is 0.909 bits per heavy atom. The lowest BCUT2D eigenvalue weighted by Gasteiger charge is -2.23. The molecule has 174 valence electrons. The fourth-order valence-electron chi connectivity index (χ4n) is 3.12. The van der Waals surface area contributed by atoms with E-state index in [4.69, 9.17) is 17.0 Å². The predicted molar refractivity (Wildman–Crippen MR) is 126 cm³/mol. The van der Waals surface area contributed by atoms with Crippen molar-refractivity contribution in [1.29, 1.82) is 5.41 Å². The number of ketones is 1. The topological polar surface area (TPSA) is 128 Å². The molecular weight excluding hydrogens is 444 g/mol. The van der Waals surface area contributed by atoms with Crippen molar-refractivity contribution in [3.8, 4) is 0 Å². The Hall–Kier alpha value is -3.52. The number of nitrogens with one attached hydrogen (secondary N) is 4. The molecule has 0 heterocycles. The van der Waals surface area contributed by atoms with Crippen molar-refractivity contribution in [2.45, 2.75) is 44.8 Å². The van der Waals surface area contributed by atoms with Gasteiger partial charge in [0.05, 0.1) is 6.21 Å². The number of Topliss-reactive ketones (excluding diaryl/α,β-unsaturated/α-hetero) is 1. The van der Waals surface area contributed by atoms with Gasteiger partial charge < -0.3 is 21.4 Å². The van der Waals surface area contributed by atoms with Crippen LogP contribution in [0.2, 0.25) is 5.02 Å². The normalized spacial score (nSPS) is 12.2. The van der Waals surface area contributed by atoms with Crippen LogP contribution in [0.3, 0.4) is 0 Å². The molecule has 0 saturated heterocycles. The number of hydrogen-bond donors (Lipinski definition) is 4. The van der Waals surface area contributed by atoms with Gasteiger partial charge in [-0.1, -0.05) is 54.1 Å². The van der Waals surface area contributed by atoms with Gasteiger partial charge in [-0.15, -0.1) is 0 Å². The number of carbonyl (C=O) groups excluding carboxylic acids is 4. The van der Waals surface area contributed by atoms with Crippen LogP contribution in [0.4, 0.5) is 0 Å². The molecule has 0 radical (unpaired) electrons. The molecule has 0 aromatic heterocycles. The molecule has 4 N–H and O–H groups in total. The van der Waals surface area contributed by atoms with Crippen LogP contribution in [-0.2, 0) is 32.1 Å². The van der Waals surface area contributed by atoms with E-state index in [1.165, 1.54) is 6.92 Å². The summed E-state index contributed by atoms with van der Waals surface area (Å²) >= 11 is 5.91. The van der Waals surface area contributed by atoms with Crippen LogP contribution in [0, 0.1) is 5.41 Å². The van der Waals surface area contributed by atoms with Gasteiger partial charge in [0.1, 0.15) is 12.1 Å². The molecule has 2 rings (SSSR count). The first kappa shape index (κ1) is 25.7. The second-order valence-electron chi connectivity index (χ2n) is 7.50. The van der Waals surface area contributed by atoms with Crippen LogP contribution in [0.25, 0.3) is 0 Å². The Kier molecular flexibility index (Phi) is 10.2. The van der Waals surface area contributed by atoms with Gasteiger partial charge in [-0.3, -0.25) is 19.2 Å². The molecular formula is C24H27ClN4O4. The van der Waals surface area contributed by atoms with Crippen molar-refractivity contribution < 1.29 is 19.2 Å². The number of hydrogen-bond acceptors (Lipinski definition) is 5. The van der Waals surface area contributed by atoms with Gasteiger partial charge in [-0.05, 0) is 29.7 Å². The van der Waals surface area contributed by atoms with Crippen molar-refractivity contribution in [1.82, 2.24) is 16.0 Å². The van der Waals surface area contributed by atoms with Crippen LogP contribution in [0.15, 0.2) is 54.6 Å². The average molecular weight is 471 g/mol. The van der Waals surface area contributed by atoms with E-state index in [1.54, 1.807) is 24.3 Å². The molecule has 0 saturated carbocycles. The summed E-state index contributed by atoms with van der Waals surface area (Å²) in [7, 11) is 0. The van der Waals surface area contributed by atoms with Gasteiger partial charge in [-0.2, -0.15) is 0 Å². The summed E-state index contributed by atoms with van der Waals surface area (Å²) in [6, 6.07) is 14.2. The highest BCUT2D eigenvalue weighted by molar-refractivity contribution is 6.30. The summed E-state index contributed by atoms with van der Waals surface area (Å²) in [6.45, 7) is 1.55. The van der Waals surface area contributed by atoms with Crippen LogP contribution >= 0.6 is 11.6 Å². The van der Waals surface area contributed by atoms with Crippen LogP contribution in [-0.4, -0.2) is 41.8 Å². The molecule has 9 heteroatoms. The van der Waals surface area contributed by atoms with Gasteiger partial charge in [0.25, 0.3) is 0 Å². The van der Waals surface area contributed by atoms with Crippen molar-refractivity contribution >= 4 is 41.3 Å². The smallest absolute Gasteiger partial charge is 0.243 e. The number of rotatable bonds is 12. The highest BCUT2D eigenvalue weighted by Crippen LogP contribution is 2.12. The largest absolute Gasteiger partial charge is 0.350 e. The third-order valence-corrected chi connectivity index (χ3v) is 5.08. The molecule has 0 aliphatic carbocycles. The second kappa shape index (κ2) is 13.1. The minimum atomic E-state index is -1.01. The predicted octanol–water partition coefficient (Wildman–Crippen LogP) is 2.19. The lowest BCUT2D eigenvalue weighted by atomic mass is 10.0. The van der Waals surface area contributed by atoms with Gasteiger partial charge in [-0.25, -0.2) is 0 Å². The maximum absolute atomic E-state index is 13.0. The van der Waals surface area contributed by atoms with Gasteiger partial charge in [0.2, 0.25) is 17.7 Å². The zero-order valence-electron chi connectivity index (χ0n) is 18.3. The fraction of sp³-hybridized carbons (Fsp3) is 0.292. The summed E-state index contributed by atoms with van der Waals surface area (Å²) in [4.78, 5) is 49.1. The van der Waals surface area contributed by atoms with E-state index in [2.05, 4.69) is 16.0 Å². The molecule has 0 spiro atoms. The van der Waals surface area contributed by atoms with Crippen molar-refractivity contribution in [3.05, 3.63) is 70.7 Å². The Balaban J connectivity index is 2.11. The molecule has 3 amide bonds. The van der Waals surface area contributed by atoms with Crippen molar-refractivity contribution in [3.63, 3.8) is 0 Å². The van der Waals surface area contributed by atoms with Gasteiger partial charge in [0.15, 0.2) is 5.78 Å². The molecule has 0 unspecified atom stereocenters. The number of benzene rings is 2. The molecule has 0 bridgehead atoms. The van der Waals surface area contributed by atoms with Crippen LogP contribution < -0.4 is 16.0 Å².